The fraction of sp³-hybridized carbons (Fsp3) is 0.417. The van der Waals surface area contributed by atoms with Crippen molar-refractivity contribution in [2.45, 2.75) is 80.0 Å². The zero-order chi connectivity index (χ0) is 32.5. The Bertz CT molecular complexity index is 1300. The van der Waals surface area contributed by atoms with E-state index in [4.69, 9.17) is 5.73 Å². The van der Waals surface area contributed by atoms with Gasteiger partial charge in [0.2, 0.25) is 11.8 Å². The molecule has 5 N–H and O–H groups in total. The summed E-state index contributed by atoms with van der Waals surface area (Å²) in [5.41, 5.74) is 9.76. The second-order valence-corrected chi connectivity index (χ2v) is 14.8. The molecule has 3 aromatic carbocycles. The third-order valence-corrected chi connectivity index (χ3v) is 10.4. The number of carbonyl (C=O) groups is 3. The lowest BCUT2D eigenvalue weighted by atomic mass is 9.84. The fourth-order valence-corrected chi connectivity index (χ4v) is 7.77. The van der Waals surface area contributed by atoms with E-state index in [1.807, 2.05) is 54.6 Å². The number of thiol groups is 1. The minimum absolute atomic E-state index is 0.259. The van der Waals surface area contributed by atoms with Crippen molar-refractivity contribution in [3.05, 3.63) is 108 Å². The normalized spacial score (nSPS) is 16.3. The highest BCUT2D eigenvalue weighted by molar-refractivity contribution is 8.00. The number of rotatable bonds is 14. The number of nitrogens with one attached hydrogen (secondary N) is 2. The number of aliphatic carboxylic acids is 1. The Hall–Kier alpha value is -3.27. The Labute approximate surface area is 276 Å². The Morgan fingerprint density at radius 3 is 1.71 bits per heavy atom. The molecule has 240 valence electrons. The second kappa shape index (κ2) is 15.8. The van der Waals surface area contributed by atoms with E-state index in [1.165, 1.54) is 0 Å². The van der Waals surface area contributed by atoms with Gasteiger partial charge in [-0.3, -0.25) is 9.59 Å². The van der Waals surface area contributed by atoms with Crippen molar-refractivity contribution >= 4 is 42.2 Å². The molecule has 3 aromatic rings. The average Bonchev–Trinajstić information content (AvgIpc) is 3.04. The van der Waals surface area contributed by atoms with Gasteiger partial charge in [-0.2, -0.15) is 12.6 Å². The Morgan fingerprint density at radius 1 is 0.822 bits per heavy atom. The summed E-state index contributed by atoms with van der Waals surface area (Å²) in [6.45, 7) is 3.27. The van der Waals surface area contributed by atoms with E-state index in [2.05, 4.69) is 59.7 Å². The molecule has 7 nitrogen and oxygen atoms in total. The first-order valence-electron chi connectivity index (χ1n) is 15.6. The van der Waals surface area contributed by atoms with E-state index in [-0.39, 0.29) is 11.7 Å². The Morgan fingerprint density at radius 2 is 1.29 bits per heavy atom. The van der Waals surface area contributed by atoms with Crippen LogP contribution in [-0.2, 0) is 19.1 Å². The minimum atomic E-state index is -1.23. The van der Waals surface area contributed by atoms with Crippen LogP contribution in [0.1, 0.15) is 69.1 Å². The van der Waals surface area contributed by atoms with Crippen LogP contribution in [0.5, 0.6) is 0 Å². The van der Waals surface area contributed by atoms with Gasteiger partial charge in [0.1, 0.15) is 12.1 Å². The molecule has 0 radical (unpaired) electrons. The molecule has 4 rings (SSSR count). The van der Waals surface area contributed by atoms with Gasteiger partial charge in [0.15, 0.2) is 0 Å². The zero-order valence-corrected chi connectivity index (χ0v) is 27.7. The molecule has 2 amide bonds. The molecule has 1 saturated carbocycles. The van der Waals surface area contributed by atoms with Crippen LogP contribution in [-0.4, -0.2) is 51.5 Å². The van der Waals surface area contributed by atoms with Gasteiger partial charge in [0.25, 0.3) is 0 Å². The first-order valence-corrected chi connectivity index (χ1v) is 17.1. The van der Waals surface area contributed by atoms with Crippen molar-refractivity contribution in [3.63, 3.8) is 0 Å². The highest BCUT2D eigenvalue weighted by atomic mass is 32.2. The Balaban J connectivity index is 1.58. The third kappa shape index (κ3) is 8.93. The minimum Gasteiger partial charge on any atom is -0.480 e. The summed E-state index contributed by atoms with van der Waals surface area (Å²) in [5, 5.41) is 15.3. The van der Waals surface area contributed by atoms with Crippen LogP contribution in [0.15, 0.2) is 91.0 Å². The lowest BCUT2D eigenvalue weighted by Crippen LogP contribution is -2.58. The number of hydrogen-bond donors (Lipinski definition) is 5. The van der Waals surface area contributed by atoms with E-state index in [0.29, 0.717) is 6.42 Å². The maximum absolute atomic E-state index is 13.7. The number of carboxylic acids is 1. The second-order valence-electron chi connectivity index (χ2n) is 12.4. The molecular formula is C36H45N3O4S2. The van der Waals surface area contributed by atoms with Crippen LogP contribution in [0.4, 0.5) is 0 Å². The van der Waals surface area contributed by atoms with Crippen molar-refractivity contribution in [1.82, 2.24) is 10.6 Å². The van der Waals surface area contributed by atoms with Crippen LogP contribution in [0.25, 0.3) is 0 Å². The van der Waals surface area contributed by atoms with Crippen molar-refractivity contribution in [1.29, 1.82) is 0 Å². The summed E-state index contributed by atoms with van der Waals surface area (Å²) in [7, 11) is 0. The molecule has 9 heteroatoms. The molecular weight excluding hydrogens is 603 g/mol. The molecule has 1 aliphatic carbocycles. The average molecular weight is 648 g/mol. The van der Waals surface area contributed by atoms with Gasteiger partial charge >= 0.3 is 5.97 Å². The lowest BCUT2D eigenvalue weighted by Gasteiger charge is -2.36. The van der Waals surface area contributed by atoms with E-state index in [0.717, 1.165) is 48.8 Å². The van der Waals surface area contributed by atoms with E-state index in [9.17, 15) is 19.5 Å². The van der Waals surface area contributed by atoms with Crippen LogP contribution in [0, 0.1) is 5.92 Å². The van der Waals surface area contributed by atoms with Crippen LogP contribution < -0.4 is 16.4 Å². The van der Waals surface area contributed by atoms with Gasteiger partial charge in [0, 0.05) is 10.5 Å². The summed E-state index contributed by atoms with van der Waals surface area (Å²) < 4.78 is -1.66. The van der Waals surface area contributed by atoms with Gasteiger partial charge in [-0.05, 0) is 42.9 Å². The summed E-state index contributed by atoms with van der Waals surface area (Å²) in [6.07, 6.45) is 5.67. The standard InChI is InChI=1S/C36H45N3O4S2/c1-35(2,44)31(34(42)43)39-33(41)30(23-25-15-7-3-8-16-25)38-32(40)29(37)24-45-36(26-17-9-4-10-18-26,27-19-11-5-12-20-27)28-21-13-6-14-22-28/h4-6,9-14,17-22,25,29-31,44H,3,7-8,15-16,23-24,37H2,1-2H3,(H,38,40)(H,39,41)(H,42,43)/t29-,30+,31-/m0/s1. The smallest absolute Gasteiger partial charge is 0.327 e. The van der Waals surface area contributed by atoms with Gasteiger partial charge in [-0.15, -0.1) is 11.8 Å². The predicted octanol–water partition coefficient (Wildman–Crippen LogP) is 5.77. The van der Waals surface area contributed by atoms with Crippen molar-refractivity contribution < 1.29 is 19.5 Å². The SMILES string of the molecule is CC(C)(S)[C@@H](NC(=O)[C@@H](CC1CCCCC1)NC(=O)[C@@H](N)CSC(c1ccccc1)(c1ccccc1)c1ccccc1)C(=O)O. The predicted molar refractivity (Wildman–Crippen MR) is 185 cm³/mol. The highest BCUT2D eigenvalue weighted by Crippen LogP contribution is 2.48. The van der Waals surface area contributed by atoms with Gasteiger partial charge < -0.3 is 21.5 Å². The van der Waals surface area contributed by atoms with E-state index < -0.39 is 45.4 Å². The van der Waals surface area contributed by atoms with Crippen LogP contribution >= 0.6 is 24.4 Å². The molecule has 3 atom stereocenters. The third-order valence-electron chi connectivity index (χ3n) is 8.52. The maximum atomic E-state index is 13.7. The largest absolute Gasteiger partial charge is 0.480 e. The van der Waals surface area contributed by atoms with Crippen LogP contribution in [0.2, 0.25) is 0 Å². The topological polar surface area (TPSA) is 122 Å². The number of benzene rings is 3. The number of nitrogens with two attached hydrogens (primary N) is 1. The Kier molecular flexibility index (Phi) is 12.2. The van der Waals surface area contributed by atoms with Gasteiger partial charge in [-0.1, -0.05) is 123 Å². The summed E-state index contributed by atoms with van der Waals surface area (Å²) in [5.74, 6) is -1.63. The molecule has 1 aliphatic rings. The molecule has 0 spiro atoms. The van der Waals surface area contributed by atoms with Gasteiger partial charge in [-0.25, -0.2) is 4.79 Å². The number of carbonyl (C=O) groups excluding carboxylic acids is 2. The maximum Gasteiger partial charge on any atom is 0.327 e. The molecule has 1 fully saturated rings. The molecule has 0 unspecified atom stereocenters. The quantitative estimate of drug-likeness (QED) is 0.112. The summed E-state index contributed by atoms with van der Waals surface area (Å²) in [4.78, 5) is 39.2. The monoisotopic (exact) mass is 647 g/mol. The molecule has 0 aliphatic heterocycles. The number of carboxylic acid groups (broad SMARTS) is 1. The highest BCUT2D eigenvalue weighted by Gasteiger charge is 2.39. The summed E-state index contributed by atoms with van der Waals surface area (Å²) in [6, 6.07) is 27.5. The first kappa shape index (κ1) is 34.6. The van der Waals surface area contributed by atoms with Crippen molar-refractivity contribution in [2.75, 3.05) is 5.75 Å². The van der Waals surface area contributed by atoms with E-state index >= 15 is 0 Å². The van der Waals surface area contributed by atoms with Crippen molar-refractivity contribution in [2.24, 2.45) is 11.7 Å². The molecule has 0 aromatic heterocycles. The first-order chi connectivity index (χ1) is 21.5. The van der Waals surface area contributed by atoms with Gasteiger partial charge in [0.05, 0.1) is 10.8 Å². The number of thioether (sulfide) groups is 1. The number of amides is 2. The van der Waals surface area contributed by atoms with Crippen molar-refractivity contribution in [3.8, 4) is 0 Å². The molecule has 0 heterocycles. The van der Waals surface area contributed by atoms with E-state index in [1.54, 1.807) is 25.6 Å². The number of hydrogen-bond acceptors (Lipinski definition) is 6. The fourth-order valence-electron chi connectivity index (χ4n) is 6.11. The summed E-state index contributed by atoms with van der Waals surface area (Å²) >= 11 is 5.98. The lowest BCUT2D eigenvalue weighted by molar-refractivity contribution is -0.143. The molecule has 45 heavy (non-hydrogen) atoms. The zero-order valence-electron chi connectivity index (χ0n) is 26.0. The molecule has 0 bridgehead atoms. The molecule has 0 saturated heterocycles. The van der Waals surface area contributed by atoms with Crippen LogP contribution in [0.3, 0.4) is 0 Å².